The summed E-state index contributed by atoms with van der Waals surface area (Å²) in [5.74, 6) is -0.105. The summed E-state index contributed by atoms with van der Waals surface area (Å²) in [6.45, 7) is 0.780. The summed E-state index contributed by atoms with van der Waals surface area (Å²) in [4.78, 5) is 22.7. The van der Waals surface area contributed by atoms with Crippen LogP contribution in [0, 0.1) is 5.92 Å². The minimum absolute atomic E-state index is 0. The van der Waals surface area contributed by atoms with Gasteiger partial charge in [-0.25, -0.2) is 22.7 Å². The van der Waals surface area contributed by atoms with E-state index in [0.717, 1.165) is 31.8 Å². The van der Waals surface area contributed by atoms with Crippen LogP contribution in [0.25, 0.3) is 0 Å². The quantitative estimate of drug-likeness (QED) is 0.323. The molecule has 1 aromatic carbocycles. The average Bonchev–Trinajstić information content (AvgIpc) is 2.87. The van der Waals surface area contributed by atoms with Crippen molar-refractivity contribution in [3.05, 3.63) is 41.2 Å². The van der Waals surface area contributed by atoms with Gasteiger partial charge in [-0.2, -0.15) is 13.2 Å². The molecule has 0 saturated heterocycles. The third-order valence-corrected chi connectivity index (χ3v) is 8.58. The second-order valence-corrected chi connectivity index (χ2v) is 12.6. The maximum atomic E-state index is 13.9. The van der Waals surface area contributed by atoms with Crippen LogP contribution < -0.4 is 10.1 Å². The molecule has 41 heavy (non-hydrogen) atoms. The molecule has 1 saturated carbocycles. The lowest BCUT2D eigenvalue weighted by molar-refractivity contribution is -0.138. The first-order valence-corrected chi connectivity index (χ1v) is 15.0. The van der Waals surface area contributed by atoms with Gasteiger partial charge in [0, 0.05) is 31.3 Å². The molecule has 1 aliphatic carbocycles. The van der Waals surface area contributed by atoms with E-state index in [9.17, 15) is 26.4 Å². The summed E-state index contributed by atoms with van der Waals surface area (Å²) < 4.78 is 72.8. The highest BCUT2D eigenvalue weighted by atomic mass is 32.2. The lowest BCUT2D eigenvalue weighted by Gasteiger charge is -2.37. The molecule has 0 spiro atoms. The standard InChI is InChI=1S/C27H38F3N5O4S.CH4/c1-34(2)14-8-11-24(36)19-12-13-21(25(16-19)39-4)32-26-31-17-20(27(28,29)30)22(33-26)15-18-9-6-7-10-23(18)35(3)40(5,37)38;/h12-13,16-18,23H,6-11,14-15H2,1-5H3,(H,31,32,33);1H4/t18-,23+;/m0./s1. The molecule has 13 heteroatoms. The number of benzene rings is 1. The minimum Gasteiger partial charge on any atom is -0.495 e. The Labute approximate surface area is 241 Å². The van der Waals surface area contributed by atoms with Crippen molar-refractivity contribution in [2.24, 2.45) is 5.92 Å². The van der Waals surface area contributed by atoms with Crippen molar-refractivity contribution in [1.29, 1.82) is 0 Å². The Morgan fingerprint density at radius 1 is 1.17 bits per heavy atom. The molecule has 1 N–H and O–H groups in total. The van der Waals surface area contributed by atoms with Crippen LogP contribution in [-0.2, 0) is 22.6 Å². The first kappa shape index (κ1) is 34.4. The van der Waals surface area contributed by atoms with Crippen molar-refractivity contribution in [2.75, 3.05) is 46.4 Å². The SMILES string of the molecule is C.COc1cc(C(=O)CCCN(C)C)ccc1Nc1ncc(C(F)(F)F)c(C[C@@H]2CCCC[C@H]2N(C)S(C)(=O)=O)n1. The Bertz CT molecular complexity index is 1290. The maximum absolute atomic E-state index is 13.9. The van der Waals surface area contributed by atoms with Gasteiger partial charge in [-0.3, -0.25) is 4.79 Å². The number of hydrogen-bond acceptors (Lipinski definition) is 8. The maximum Gasteiger partial charge on any atom is 0.419 e. The predicted octanol–water partition coefficient (Wildman–Crippen LogP) is 5.40. The van der Waals surface area contributed by atoms with Crippen molar-refractivity contribution >= 4 is 27.4 Å². The van der Waals surface area contributed by atoms with E-state index in [1.165, 1.54) is 18.5 Å². The van der Waals surface area contributed by atoms with Gasteiger partial charge in [-0.05, 0) is 70.4 Å². The summed E-state index contributed by atoms with van der Waals surface area (Å²) in [6.07, 6.45) is 0.969. The molecule has 3 rings (SSSR count). The molecule has 0 bridgehead atoms. The molecule has 230 valence electrons. The number of ketones is 1. The van der Waals surface area contributed by atoms with E-state index in [4.69, 9.17) is 4.74 Å². The van der Waals surface area contributed by atoms with Crippen LogP contribution in [-0.4, -0.2) is 80.5 Å². The van der Waals surface area contributed by atoms with E-state index in [1.54, 1.807) is 18.2 Å². The van der Waals surface area contributed by atoms with Gasteiger partial charge in [-0.1, -0.05) is 20.3 Å². The van der Waals surface area contributed by atoms with Crippen molar-refractivity contribution in [3.8, 4) is 5.75 Å². The zero-order valence-corrected chi connectivity index (χ0v) is 24.4. The van der Waals surface area contributed by atoms with E-state index in [2.05, 4.69) is 15.3 Å². The zero-order chi connectivity index (χ0) is 29.7. The lowest BCUT2D eigenvalue weighted by atomic mass is 9.81. The molecule has 2 aromatic rings. The Morgan fingerprint density at radius 3 is 2.46 bits per heavy atom. The Balaban J connectivity index is 0.00000588. The first-order chi connectivity index (χ1) is 18.7. The van der Waals surface area contributed by atoms with Gasteiger partial charge in [0.15, 0.2) is 5.78 Å². The van der Waals surface area contributed by atoms with Crippen LogP contribution in [0.2, 0.25) is 0 Å². The van der Waals surface area contributed by atoms with Crippen LogP contribution in [0.15, 0.2) is 24.4 Å². The van der Waals surface area contributed by atoms with Crippen molar-refractivity contribution in [3.63, 3.8) is 0 Å². The molecule has 0 radical (unpaired) electrons. The van der Waals surface area contributed by atoms with Gasteiger partial charge >= 0.3 is 6.18 Å². The number of alkyl halides is 3. The number of carbonyl (C=O) groups excluding carboxylic acids is 1. The number of methoxy groups -OCH3 is 1. The number of aromatic nitrogens is 2. The number of carbonyl (C=O) groups is 1. The molecule has 2 atom stereocenters. The lowest BCUT2D eigenvalue weighted by Crippen LogP contribution is -2.44. The molecule has 0 aliphatic heterocycles. The van der Waals surface area contributed by atoms with E-state index in [0.29, 0.717) is 42.7 Å². The van der Waals surface area contributed by atoms with Gasteiger partial charge in [0.05, 0.1) is 30.3 Å². The fourth-order valence-electron chi connectivity index (χ4n) is 5.06. The largest absolute Gasteiger partial charge is 0.495 e. The third kappa shape index (κ3) is 9.37. The molecule has 1 fully saturated rings. The van der Waals surface area contributed by atoms with Crippen LogP contribution in [0.3, 0.4) is 0 Å². The molecule has 1 aliphatic rings. The number of ether oxygens (including phenoxy) is 1. The van der Waals surface area contributed by atoms with Crippen LogP contribution in [0.5, 0.6) is 5.75 Å². The molecule has 0 unspecified atom stereocenters. The summed E-state index contributed by atoms with van der Waals surface area (Å²) in [7, 11) is 3.26. The van der Waals surface area contributed by atoms with Gasteiger partial charge in [-0.15, -0.1) is 0 Å². The molecule has 0 amide bonds. The highest BCUT2D eigenvalue weighted by Crippen LogP contribution is 2.37. The predicted molar refractivity (Wildman–Crippen MR) is 154 cm³/mol. The molecule has 9 nitrogen and oxygen atoms in total. The first-order valence-electron chi connectivity index (χ1n) is 13.2. The van der Waals surface area contributed by atoms with Crippen molar-refractivity contribution in [2.45, 2.75) is 64.6 Å². The zero-order valence-electron chi connectivity index (χ0n) is 23.6. The van der Waals surface area contributed by atoms with E-state index in [1.807, 2.05) is 19.0 Å². The highest BCUT2D eigenvalue weighted by Gasteiger charge is 2.38. The van der Waals surface area contributed by atoms with Gasteiger partial charge in [0.1, 0.15) is 5.75 Å². The summed E-state index contributed by atoms with van der Waals surface area (Å²) in [5, 5.41) is 2.92. The van der Waals surface area contributed by atoms with Crippen LogP contribution in [0.1, 0.15) is 67.6 Å². The molecule has 1 aromatic heterocycles. The molecular formula is C28H42F3N5O4S. The number of rotatable bonds is 12. The number of nitrogens with one attached hydrogen (secondary N) is 1. The number of halogens is 3. The van der Waals surface area contributed by atoms with Gasteiger partial charge < -0.3 is 15.0 Å². The van der Waals surface area contributed by atoms with Gasteiger partial charge in [0.25, 0.3) is 0 Å². The Morgan fingerprint density at radius 2 is 1.85 bits per heavy atom. The number of hydrogen-bond donors (Lipinski definition) is 1. The van der Waals surface area contributed by atoms with Gasteiger partial charge in [0.2, 0.25) is 16.0 Å². The Hall–Kier alpha value is -2.77. The second kappa shape index (κ2) is 14.4. The Kier molecular flexibility index (Phi) is 12.1. The molecule has 1 heterocycles. The smallest absolute Gasteiger partial charge is 0.419 e. The summed E-state index contributed by atoms with van der Waals surface area (Å²) in [5.41, 5.74) is -0.288. The highest BCUT2D eigenvalue weighted by molar-refractivity contribution is 7.88. The normalized spacial score (nSPS) is 17.8. The van der Waals surface area contributed by atoms with E-state index < -0.39 is 27.8 Å². The number of sulfonamides is 1. The fourth-order valence-corrected chi connectivity index (χ4v) is 5.83. The number of Topliss-reactive ketones (excluding diaryl/α,β-unsaturated/α-hetero) is 1. The van der Waals surface area contributed by atoms with Crippen molar-refractivity contribution < 1.29 is 31.1 Å². The molecular weight excluding hydrogens is 559 g/mol. The topological polar surface area (TPSA) is 105 Å². The third-order valence-electron chi connectivity index (χ3n) is 7.27. The summed E-state index contributed by atoms with van der Waals surface area (Å²) >= 11 is 0. The average molecular weight is 602 g/mol. The number of nitrogens with zero attached hydrogens (tertiary/aromatic N) is 4. The van der Waals surface area contributed by atoms with Crippen LogP contribution >= 0.6 is 0 Å². The fraction of sp³-hybridized carbons (Fsp3) is 0.607. The second-order valence-electron chi connectivity index (χ2n) is 10.5. The van der Waals surface area contributed by atoms with Crippen LogP contribution in [0.4, 0.5) is 24.8 Å². The number of anilines is 2. The minimum atomic E-state index is -4.67. The van der Waals surface area contributed by atoms with E-state index in [-0.39, 0.29) is 37.2 Å². The monoisotopic (exact) mass is 601 g/mol. The van der Waals surface area contributed by atoms with E-state index >= 15 is 0 Å². The summed E-state index contributed by atoms with van der Waals surface area (Å²) in [6, 6.07) is 4.40. The van der Waals surface area contributed by atoms with Crippen molar-refractivity contribution in [1.82, 2.24) is 19.2 Å².